The molecule has 0 saturated heterocycles. The Kier molecular flexibility index (Phi) is 4.42. The van der Waals surface area contributed by atoms with E-state index in [0.29, 0.717) is 4.47 Å². The second-order valence-corrected chi connectivity index (χ2v) is 5.28. The second kappa shape index (κ2) is 5.88. The number of halogens is 4. The first-order valence-electron chi connectivity index (χ1n) is 5.50. The van der Waals surface area contributed by atoms with Crippen LogP contribution in [0.1, 0.15) is 11.1 Å². The van der Waals surface area contributed by atoms with Gasteiger partial charge in [0.25, 0.3) is 0 Å². The van der Waals surface area contributed by atoms with E-state index in [9.17, 15) is 8.78 Å². The van der Waals surface area contributed by atoms with Gasteiger partial charge in [-0.2, -0.15) is 0 Å². The molecule has 19 heavy (non-hydrogen) atoms. The van der Waals surface area contributed by atoms with Crippen molar-refractivity contribution in [2.75, 3.05) is 0 Å². The molecule has 0 aliphatic heterocycles. The van der Waals surface area contributed by atoms with Gasteiger partial charge in [-0.05, 0) is 36.8 Å². The molecule has 0 radical (unpaired) electrons. The molecule has 0 aliphatic rings. The maximum absolute atomic E-state index is 13.7. The summed E-state index contributed by atoms with van der Waals surface area (Å²) in [4.78, 5) is 0. The van der Waals surface area contributed by atoms with E-state index in [-0.39, 0.29) is 22.9 Å². The minimum Gasteiger partial charge on any atom is -0.486 e. The van der Waals surface area contributed by atoms with Crippen molar-refractivity contribution in [2.45, 2.75) is 13.5 Å². The summed E-state index contributed by atoms with van der Waals surface area (Å²) >= 11 is 9.09. The molecule has 0 atom stereocenters. The molecule has 0 heterocycles. The lowest BCUT2D eigenvalue weighted by Gasteiger charge is -2.11. The molecule has 0 N–H and O–H groups in total. The molecule has 1 nitrogen and oxygen atoms in total. The van der Waals surface area contributed by atoms with Gasteiger partial charge in [-0.25, -0.2) is 8.78 Å². The summed E-state index contributed by atoms with van der Waals surface area (Å²) < 4.78 is 33.1. The normalized spacial score (nSPS) is 10.6. The molecule has 0 aliphatic carbocycles. The minimum absolute atomic E-state index is 0.0695. The van der Waals surface area contributed by atoms with Gasteiger partial charge in [-0.3, -0.25) is 0 Å². The first-order valence-corrected chi connectivity index (χ1v) is 6.67. The lowest BCUT2D eigenvalue weighted by atomic mass is 10.2. The van der Waals surface area contributed by atoms with E-state index in [1.807, 2.05) is 6.92 Å². The van der Waals surface area contributed by atoms with Gasteiger partial charge < -0.3 is 4.74 Å². The fraction of sp³-hybridized carbons (Fsp3) is 0.143. The Balaban J connectivity index is 2.22. The van der Waals surface area contributed by atoms with Crippen molar-refractivity contribution < 1.29 is 13.5 Å². The van der Waals surface area contributed by atoms with Crippen molar-refractivity contribution in [1.29, 1.82) is 0 Å². The summed E-state index contributed by atoms with van der Waals surface area (Å²) in [5.41, 5.74) is 1.04. The molecule has 0 saturated carbocycles. The predicted octanol–water partition coefficient (Wildman–Crippen LogP) is 5.27. The van der Waals surface area contributed by atoms with Crippen LogP contribution in [0, 0.1) is 18.6 Å². The smallest absolute Gasteiger partial charge is 0.166 e. The Morgan fingerprint density at radius 2 is 1.95 bits per heavy atom. The zero-order valence-electron chi connectivity index (χ0n) is 10.0. The fourth-order valence-corrected chi connectivity index (χ4v) is 2.09. The van der Waals surface area contributed by atoms with Gasteiger partial charge in [0.15, 0.2) is 11.6 Å². The number of hydrogen-bond donors (Lipinski definition) is 0. The summed E-state index contributed by atoms with van der Waals surface area (Å²) in [6.07, 6.45) is 0. The lowest BCUT2D eigenvalue weighted by molar-refractivity contribution is 0.284. The average molecular weight is 348 g/mol. The van der Waals surface area contributed by atoms with Crippen LogP contribution >= 0.6 is 27.5 Å². The standard InChI is InChI=1S/C14H10BrClF2O/c1-8-5-14(13(18)6-10(8)15)19-7-9-11(16)3-2-4-12(9)17/h2-6H,7H2,1H3. The highest BCUT2D eigenvalue weighted by Crippen LogP contribution is 2.27. The average Bonchev–Trinajstić information content (AvgIpc) is 2.34. The molecule has 2 aromatic rings. The molecule has 0 aromatic heterocycles. The van der Waals surface area contributed by atoms with Crippen molar-refractivity contribution in [2.24, 2.45) is 0 Å². The molecular formula is C14H10BrClF2O. The summed E-state index contributed by atoms with van der Waals surface area (Å²) in [6.45, 7) is 1.69. The molecule has 0 spiro atoms. The molecule has 5 heteroatoms. The van der Waals surface area contributed by atoms with Crippen molar-refractivity contribution >= 4 is 27.5 Å². The first kappa shape index (κ1) is 14.3. The first-order chi connectivity index (χ1) is 8.99. The van der Waals surface area contributed by atoms with Crippen LogP contribution in [-0.4, -0.2) is 0 Å². The van der Waals surface area contributed by atoms with Gasteiger partial charge in [0, 0.05) is 10.0 Å². The third-order valence-corrected chi connectivity index (χ3v) is 3.86. The predicted molar refractivity (Wildman–Crippen MR) is 74.6 cm³/mol. The molecule has 0 bridgehead atoms. The SMILES string of the molecule is Cc1cc(OCc2c(F)cccc2Cl)c(F)cc1Br. The van der Waals surface area contributed by atoms with Gasteiger partial charge in [0.2, 0.25) is 0 Å². The summed E-state index contributed by atoms with van der Waals surface area (Å²) in [5, 5.41) is 0.259. The topological polar surface area (TPSA) is 9.23 Å². The van der Waals surface area contributed by atoms with E-state index in [2.05, 4.69) is 15.9 Å². The van der Waals surface area contributed by atoms with Crippen LogP contribution < -0.4 is 4.74 Å². The van der Waals surface area contributed by atoms with E-state index >= 15 is 0 Å². The Hall–Kier alpha value is -1.13. The number of ether oxygens (including phenoxy) is 1. The second-order valence-electron chi connectivity index (χ2n) is 4.02. The molecule has 0 amide bonds. The van der Waals surface area contributed by atoms with Crippen molar-refractivity contribution in [3.63, 3.8) is 0 Å². The number of benzene rings is 2. The lowest BCUT2D eigenvalue weighted by Crippen LogP contribution is -2.01. The third kappa shape index (κ3) is 3.25. The zero-order chi connectivity index (χ0) is 14.0. The molecule has 0 unspecified atom stereocenters. The highest BCUT2D eigenvalue weighted by molar-refractivity contribution is 9.10. The molecular weight excluding hydrogens is 338 g/mol. The molecule has 100 valence electrons. The van der Waals surface area contributed by atoms with Gasteiger partial charge >= 0.3 is 0 Å². The Bertz CT molecular complexity index is 596. The fourth-order valence-electron chi connectivity index (χ4n) is 1.56. The van der Waals surface area contributed by atoms with Gasteiger partial charge in [-0.1, -0.05) is 33.6 Å². The third-order valence-electron chi connectivity index (χ3n) is 2.65. The van der Waals surface area contributed by atoms with E-state index in [0.717, 1.165) is 5.56 Å². The minimum atomic E-state index is -0.509. The Labute approximate surface area is 123 Å². The summed E-state index contributed by atoms with van der Waals surface area (Å²) in [7, 11) is 0. The van der Waals surface area contributed by atoms with Crippen LogP contribution in [0.5, 0.6) is 5.75 Å². The van der Waals surface area contributed by atoms with E-state index in [4.69, 9.17) is 16.3 Å². The quantitative estimate of drug-likeness (QED) is 0.735. The van der Waals surface area contributed by atoms with Crippen molar-refractivity contribution in [3.05, 3.63) is 62.6 Å². The van der Waals surface area contributed by atoms with Crippen LogP contribution in [0.3, 0.4) is 0 Å². The van der Waals surface area contributed by atoms with Gasteiger partial charge in [0.05, 0.1) is 5.02 Å². The molecule has 0 fully saturated rings. The Morgan fingerprint density at radius 3 is 2.63 bits per heavy atom. The van der Waals surface area contributed by atoms with Gasteiger partial charge in [-0.15, -0.1) is 0 Å². The monoisotopic (exact) mass is 346 g/mol. The molecule has 2 rings (SSSR count). The number of rotatable bonds is 3. The maximum atomic E-state index is 13.7. The highest BCUT2D eigenvalue weighted by Gasteiger charge is 2.11. The van der Waals surface area contributed by atoms with Crippen LogP contribution in [0.2, 0.25) is 5.02 Å². The zero-order valence-corrected chi connectivity index (χ0v) is 12.4. The number of hydrogen-bond acceptors (Lipinski definition) is 1. The van der Waals surface area contributed by atoms with Crippen molar-refractivity contribution in [1.82, 2.24) is 0 Å². The summed E-state index contributed by atoms with van der Waals surface area (Å²) in [5.74, 6) is -0.910. The van der Waals surface area contributed by atoms with E-state index in [1.54, 1.807) is 12.1 Å². The Morgan fingerprint density at radius 1 is 1.21 bits per heavy atom. The largest absolute Gasteiger partial charge is 0.486 e. The van der Waals surface area contributed by atoms with Crippen LogP contribution in [0.15, 0.2) is 34.8 Å². The van der Waals surface area contributed by atoms with Crippen LogP contribution in [0.4, 0.5) is 8.78 Å². The highest BCUT2D eigenvalue weighted by atomic mass is 79.9. The molecule has 2 aromatic carbocycles. The van der Waals surface area contributed by atoms with Gasteiger partial charge in [0.1, 0.15) is 12.4 Å². The van der Waals surface area contributed by atoms with E-state index < -0.39 is 11.6 Å². The maximum Gasteiger partial charge on any atom is 0.166 e. The summed E-state index contributed by atoms with van der Waals surface area (Å²) in [6, 6.07) is 7.22. The van der Waals surface area contributed by atoms with Crippen LogP contribution in [0.25, 0.3) is 0 Å². The van der Waals surface area contributed by atoms with Crippen molar-refractivity contribution in [3.8, 4) is 5.75 Å². The number of aryl methyl sites for hydroxylation is 1. The van der Waals surface area contributed by atoms with Crippen LogP contribution in [-0.2, 0) is 6.61 Å². The van der Waals surface area contributed by atoms with E-state index in [1.165, 1.54) is 18.2 Å².